The van der Waals surface area contributed by atoms with Crippen LogP contribution in [0.2, 0.25) is 0 Å². The quantitative estimate of drug-likeness (QED) is 0.458. The summed E-state index contributed by atoms with van der Waals surface area (Å²) in [6.45, 7) is 3.95. The minimum atomic E-state index is -4.56. The van der Waals surface area contributed by atoms with E-state index in [0.717, 1.165) is 0 Å². The van der Waals surface area contributed by atoms with Crippen molar-refractivity contribution in [3.63, 3.8) is 0 Å². The summed E-state index contributed by atoms with van der Waals surface area (Å²) in [6, 6.07) is 0. The fourth-order valence-corrected chi connectivity index (χ4v) is 0.692. The second-order valence-corrected chi connectivity index (χ2v) is 4.12. The Hall–Kier alpha value is 1.26. The summed E-state index contributed by atoms with van der Waals surface area (Å²) in [5.41, 5.74) is -1.20. The molecule has 0 bridgehead atoms. The molecule has 0 saturated carbocycles. The molecule has 0 aliphatic carbocycles. The first-order valence-corrected chi connectivity index (χ1v) is 4.79. The van der Waals surface area contributed by atoms with Crippen LogP contribution in [0.4, 0.5) is 4.79 Å². The van der Waals surface area contributed by atoms with Crippen LogP contribution in [0.3, 0.4) is 0 Å². The van der Waals surface area contributed by atoms with Gasteiger partial charge in [-0.2, -0.15) is 0 Å². The van der Waals surface area contributed by atoms with Crippen LogP contribution in [-0.2, 0) is 4.57 Å². The van der Waals surface area contributed by atoms with Gasteiger partial charge < -0.3 is 15.1 Å². The van der Waals surface area contributed by atoms with Crippen LogP contribution in [0.15, 0.2) is 0 Å². The number of hydrogen-bond donors (Lipinski definition) is 3. The van der Waals surface area contributed by atoms with E-state index in [4.69, 9.17) is 9.79 Å². The van der Waals surface area contributed by atoms with Crippen molar-refractivity contribution in [1.29, 1.82) is 0 Å². The van der Waals surface area contributed by atoms with Crippen LogP contribution in [0.1, 0.15) is 13.8 Å². The van der Waals surface area contributed by atoms with Gasteiger partial charge in [0, 0.05) is 6.54 Å². The van der Waals surface area contributed by atoms with Crippen molar-refractivity contribution in [3.8, 4) is 0 Å². The molecule has 7 heteroatoms. The van der Waals surface area contributed by atoms with Gasteiger partial charge in [0.1, 0.15) is 0 Å². The summed E-state index contributed by atoms with van der Waals surface area (Å²) in [6.07, 6.45) is 0. The molecule has 0 aromatic rings. The molecule has 0 aliphatic rings. The van der Waals surface area contributed by atoms with Crippen molar-refractivity contribution in [2.45, 2.75) is 13.8 Å². The third-order valence-electron chi connectivity index (χ3n) is 0.926. The van der Waals surface area contributed by atoms with Crippen molar-refractivity contribution >= 4 is 64.6 Å². The second-order valence-electron chi connectivity index (χ2n) is 2.62. The van der Waals surface area contributed by atoms with Gasteiger partial charge in [-0.3, -0.25) is 4.79 Å². The molecule has 0 aromatic carbocycles. The molecule has 0 aromatic heterocycles. The third-order valence-corrected chi connectivity index (χ3v) is 1.61. The molecule has 0 heterocycles. The number of rotatable bonds is 3. The van der Waals surface area contributed by atoms with E-state index in [2.05, 4.69) is 5.32 Å². The molecular formula is C5H13KNO4P. The maximum atomic E-state index is 10.5. The molecule has 0 atom stereocenters. The van der Waals surface area contributed by atoms with E-state index in [0.29, 0.717) is 0 Å². The molecule has 3 N–H and O–H groups in total. The van der Waals surface area contributed by atoms with Gasteiger partial charge in [-0.15, -0.1) is 0 Å². The normalized spacial score (nSPS) is 10.8. The Morgan fingerprint density at radius 1 is 1.50 bits per heavy atom. The van der Waals surface area contributed by atoms with Crippen molar-refractivity contribution in [2.75, 3.05) is 6.54 Å². The summed E-state index contributed by atoms with van der Waals surface area (Å²) in [4.78, 5) is 27.1. The number of carbonyl (C=O) groups is 1. The fraction of sp³-hybridized carbons (Fsp3) is 0.800. The van der Waals surface area contributed by atoms with Gasteiger partial charge in [0.15, 0.2) is 0 Å². The van der Waals surface area contributed by atoms with Crippen LogP contribution in [-0.4, -0.2) is 73.4 Å². The summed E-state index contributed by atoms with van der Waals surface area (Å²) in [5.74, 6) is 0.186. The van der Waals surface area contributed by atoms with Crippen LogP contribution in [0, 0.1) is 5.92 Å². The number of amides is 1. The monoisotopic (exact) mass is 221 g/mol. The molecular weight excluding hydrogens is 208 g/mol. The predicted molar refractivity (Wildman–Crippen MR) is 47.4 cm³/mol. The number of nitrogens with one attached hydrogen (secondary N) is 1. The Labute approximate surface area is 114 Å². The van der Waals surface area contributed by atoms with Gasteiger partial charge in [0.2, 0.25) is 0 Å². The van der Waals surface area contributed by atoms with Gasteiger partial charge in [-0.25, -0.2) is 4.57 Å². The Morgan fingerprint density at radius 3 is 2.17 bits per heavy atom. The molecule has 1 amide bonds. The zero-order chi connectivity index (χ0) is 9.07. The predicted octanol–water partition coefficient (Wildman–Crippen LogP) is -0.119. The molecule has 0 saturated heterocycles. The van der Waals surface area contributed by atoms with Crippen LogP contribution in [0.5, 0.6) is 0 Å². The molecule has 68 valence electrons. The van der Waals surface area contributed by atoms with E-state index in [-0.39, 0.29) is 63.8 Å². The van der Waals surface area contributed by atoms with E-state index in [9.17, 15) is 9.36 Å². The van der Waals surface area contributed by atoms with E-state index < -0.39 is 13.2 Å². The first kappa shape index (κ1) is 15.7. The Bertz CT molecular complexity index is 190. The topological polar surface area (TPSA) is 86.6 Å². The minimum absolute atomic E-state index is 0. The van der Waals surface area contributed by atoms with Crippen molar-refractivity contribution in [3.05, 3.63) is 0 Å². The van der Waals surface area contributed by atoms with E-state index in [1.54, 1.807) is 0 Å². The summed E-state index contributed by atoms with van der Waals surface area (Å²) in [5, 5.41) is 2.12. The van der Waals surface area contributed by atoms with E-state index in [1.807, 2.05) is 13.8 Å². The number of carbonyl (C=O) groups excluding carboxylic acids is 1. The molecule has 5 nitrogen and oxygen atoms in total. The van der Waals surface area contributed by atoms with Crippen molar-refractivity contribution < 1.29 is 19.1 Å². The zero-order valence-electron chi connectivity index (χ0n) is 6.44. The summed E-state index contributed by atoms with van der Waals surface area (Å²) >= 11 is 0. The SMILES string of the molecule is CC(C)CNC(=O)P(=O)(O)O.[KH]. The molecule has 0 unspecified atom stereocenters. The number of hydrogen-bond acceptors (Lipinski definition) is 2. The third kappa shape index (κ3) is 7.88. The molecule has 0 radical (unpaired) electrons. The van der Waals surface area contributed by atoms with Gasteiger partial charge in [0.25, 0.3) is 0 Å². The fourth-order valence-electron chi connectivity index (χ4n) is 0.394. The Balaban J connectivity index is 0. The van der Waals surface area contributed by atoms with Gasteiger partial charge in [-0.1, -0.05) is 13.8 Å². The molecule has 0 fully saturated rings. The van der Waals surface area contributed by atoms with Crippen LogP contribution < -0.4 is 5.32 Å². The van der Waals surface area contributed by atoms with Crippen molar-refractivity contribution in [1.82, 2.24) is 5.32 Å². The first-order chi connectivity index (χ1) is 4.84. The van der Waals surface area contributed by atoms with E-state index >= 15 is 0 Å². The van der Waals surface area contributed by atoms with Crippen molar-refractivity contribution in [2.24, 2.45) is 5.92 Å². The summed E-state index contributed by atoms with van der Waals surface area (Å²) in [7, 11) is -4.56. The molecule has 0 rings (SSSR count). The Kier molecular flexibility index (Phi) is 8.74. The molecule has 0 spiro atoms. The van der Waals surface area contributed by atoms with Crippen LogP contribution >= 0.6 is 7.60 Å². The Morgan fingerprint density at radius 2 is 1.92 bits per heavy atom. The average Bonchev–Trinajstić information content (AvgIpc) is 1.80. The van der Waals surface area contributed by atoms with E-state index in [1.165, 1.54) is 0 Å². The molecule has 12 heavy (non-hydrogen) atoms. The van der Waals surface area contributed by atoms with Gasteiger partial charge in [0.05, 0.1) is 0 Å². The van der Waals surface area contributed by atoms with Gasteiger partial charge in [-0.05, 0) is 5.92 Å². The standard InChI is InChI=1S/C5H12NO4P.K.H/c1-4(2)3-6-5(7)11(8,9)10;;/h4H,3H2,1-2H3,(H,6,7)(H2,8,9,10);;. The first-order valence-electron chi connectivity index (χ1n) is 3.18. The zero-order valence-corrected chi connectivity index (χ0v) is 7.34. The second kappa shape index (κ2) is 6.67. The molecule has 0 aliphatic heterocycles. The van der Waals surface area contributed by atoms with Gasteiger partial charge >= 0.3 is 64.6 Å². The average molecular weight is 221 g/mol. The summed E-state index contributed by atoms with van der Waals surface area (Å²) < 4.78 is 10.2. The maximum absolute atomic E-state index is 10.5. The van der Waals surface area contributed by atoms with Crippen LogP contribution in [0.25, 0.3) is 0 Å².